The molecule has 1 unspecified atom stereocenters. The van der Waals surface area contributed by atoms with Crippen LogP contribution in [-0.4, -0.2) is 38.8 Å². The van der Waals surface area contributed by atoms with E-state index in [0.29, 0.717) is 0 Å². The molecule has 21 heavy (non-hydrogen) atoms. The molecule has 0 spiro atoms. The average molecular weight is 354 g/mol. The molecular formula is C15H20BrN3O2. The normalized spacial score (nSPS) is 21.9. The van der Waals surface area contributed by atoms with Crippen LogP contribution < -0.4 is 15.5 Å². The summed E-state index contributed by atoms with van der Waals surface area (Å²) in [6, 6.07) is 3.88. The Morgan fingerprint density at radius 3 is 3.10 bits per heavy atom. The molecule has 0 saturated carbocycles. The van der Waals surface area contributed by atoms with Gasteiger partial charge in [0, 0.05) is 35.4 Å². The average Bonchev–Trinajstić information content (AvgIpc) is 2.68. The van der Waals surface area contributed by atoms with E-state index in [1.54, 1.807) is 0 Å². The summed E-state index contributed by atoms with van der Waals surface area (Å²) in [5.74, 6) is 0.0232. The zero-order valence-electron chi connectivity index (χ0n) is 12.1. The van der Waals surface area contributed by atoms with Crippen LogP contribution in [0.1, 0.15) is 24.9 Å². The lowest BCUT2D eigenvalue weighted by molar-refractivity contribution is -0.117. The van der Waals surface area contributed by atoms with E-state index in [9.17, 15) is 4.79 Å². The van der Waals surface area contributed by atoms with Crippen molar-refractivity contribution in [1.29, 1.82) is 0 Å². The number of amides is 1. The zero-order chi connectivity index (χ0) is 14.8. The molecule has 0 radical (unpaired) electrons. The highest BCUT2D eigenvalue weighted by Crippen LogP contribution is 2.39. The van der Waals surface area contributed by atoms with Gasteiger partial charge in [0.15, 0.2) is 0 Å². The first-order chi connectivity index (χ1) is 10.2. The number of fused-ring (bicyclic) bond motifs is 1. The van der Waals surface area contributed by atoms with Gasteiger partial charge in [0.05, 0.1) is 12.3 Å². The number of likely N-dealkylation sites (N-methyl/N-ethyl adjacent to an activating group) is 1. The fraction of sp³-hybridized carbons (Fsp3) is 0.533. The third-order valence-electron chi connectivity index (χ3n) is 3.92. The van der Waals surface area contributed by atoms with E-state index < -0.39 is 0 Å². The van der Waals surface area contributed by atoms with Gasteiger partial charge >= 0.3 is 0 Å². The zero-order valence-corrected chi connectivity index (χ0v) is 13.7. The van der Waals surface area contributed by atoms with E-state index in [4.69, 9.17) is 4.74 Å². The van der Waals surface area contributed by atoms with Gasteiger partial charge in [0.2, 0.25) is 5.91 Å². The number of hydrogen-bond donors (Lipinski definition) is 2. The number of benzene rings is 1. The van der Waals surface area contributed by atoms with Gasteiger partial charge in [-0.1, -0.05) is 6.92 Å². The lowest BCUT2D eigenvalue weighted by atomic mass is 10.1. The number of rotatable bonds is 3. The van der Waals surface area contributed by atoms with Crippen molar-refractivity contribution in [2.75, 3.05) is 43.1 Å². The fourth-order valence-electron chi connectivity index (χ4n) is 2.91. The summed E-state index contributed by atoms with van der Waals surface area (Å²) in [4.78, 5) is 14.4. The van der Waals surface area contributed by atoms with Gasteiger partial charge in [-0.2, -0.15) is 0 Å². The molecule has 2 aliphatic rings. The summed E-state index contributed by atoms with van der Waals surface area (Å²) in [6.07, 6.45) is 1.02. The number of anilines is 2. The number of carbonyl (C=O) groups is 1. The predicted octanol–water partition coefficient (Wildman–Crippen LogP) is 2.28. The van der Waals surface area contributed by atoms with Crippen molar-refractivity contribution in [2.24, 2.45) is 0 Å². The molecule has 5 nitrogen and oxygen atoms in total. The van der Waals surface area contributed by atoms with Crippen LogP contribution in [0.15, 0.2) is 16.6 Å². The van der Waals surface area contributed by atoms with Crippen LogP contribution in [-0.2, 0) is 9.53 Å². The van der Waals surface area contributed by atoms with Crippen molar-refractivity contribution >= 4 is 33.2 Å². The first kappa shape index (κ1) is 14.8. The molecule has 0 aromatic heterocycles. The molecular weight excluding hydrogens is 334 g/mol. The van der Waals surface area contributed by atoms with Gasteiger partial charge in [-0.05, 0) is 41.0 Å². The lowest BCUT2D eigenvalue weighted by Gasteiger charge is -2.24. The molecule has 114 valence electrons. The van der Waals surface area contributed by atoms with Crippen LogP contribution in [0.25, 0.3) is 0 Å². The molecule has 1 aromatic carbocycles. The van der Waals surface area contributed by atoms with Crippen LogP contribution in [0.5, 0.6) is 0 Å². The number of ether oxygens (including phenoxy) is 1. The highest BCUT2D eigenvalue weighted by atomic mass is 79.9. The maximum atomic E-state index is 12.1. The molecule has 6 heteroatoms. The van der Waals surface area contributed by atoms with Gasteiger partial charge < -0.3 is 20.3 Å². The maximum Gasteiger partial charge on any atom is 0.246 e. The smallest absolute Gasteiger partial charge is 0.246 e. The third-order valence-corrected chi connectivity index (χ3v) is 4.56. The van der Waals surface area contributed by atoms with Gasteiger partial charge in [-0.3, -0.25) is 4.79 Å². The molecule has 0 aliphatic carbocycles. The first-order valence-electron chi connectivity index (χ1n) is 7.41. The fourth-order valence-corrected chi connectivity index (χ4v) is 3.52. The van der Waals surface area contributed by atoms with Gasteiger partial charge in [0.1, 0.15) is 6.04 Å². The number of hydrogen-bond acceptors (Lipinski definition) is 4. The largest absolute Gasteiger partial charge is 0.380 e. The van der Waals surface area contributed by atoms with Crippen molar-refractivity contribution in [3.05, 3.63) is 22.2 Å². The van der Waals surface area contributed by atoms with E-state index in [1.807, 2.05) is 6.92 Å². The summed E-state index contributed by atoms with van der Waals surface area (Å²) in [7, 11) is 0. The quantitative estimate of drug-likeness (QED) is 0.875. The molecule has 1 saturated heterocycles. The van der Waals surface area contributed by atoms with Crippen LogP contribution in [0.2, 0.25) is 0 Å². The molecule has 1 atom stereocenters. The molecule has 2 aliphatic heterocycles. The minimum Gasteiger partial charge on any atom is -0.380 e. The minimum atomic E-state index is -0.247. The standard InChI is InChI=1S/C15H20BrN3O2/c1-2-17-14-10-8-11(16)13(9-12(10)18-15(14)20)19-4-3-6-21-7-5-19/h8-9,14,17H,2-7H2,1H3,(H,18,20). The Morgan fingerprint density at radius 1 is 1.43 bits per heavy atom. The minimum absolute atomic E-state index is 0.0232. The topological polar surface area (TPSA) is 53.6 Å². The summed E-state index contributed by atoms with van der Waals surface area (Å²) < 4.78 is 6.54. The molecule has 2 N–H and O–H groups in total. The Balaban J connectivity index is 1.91. The Kier molecular flexibility index (Phi) is 4.47. The Bertz CT molecular complexity index is 542. The molecule has 1 fully saturated rings. The van der Waals surface area contributed by atoms with E-state index >= 15 is 0 Å². The van der Waals surface area contributed by atoms with Crippen molar-refractivity contribution < 1.29 is 9.53 Å². The Labute approximate surface area is 133 Å². The van der Waals surface area contributed by atoms with Crippen molar-refractivity contribution in [1.82, 2.24) is 5.32 Å². The summed E-state index contributed by atoms with van der Waals surface area (Å²) in [6.45, 7) is 6.18. The molecule has 1 amide bonds. The van der Waals surface area contributed by atoms with Crippen molar-refractivity contribution in [3.63, 3.8) is 0 Å². The van der Waals surface area contributed by atoms with Crippen LogP contribution >= 0.6 is 15.9 Å². The Hall–Kier alpha value is -1.11. The summed E-state index contributed by atoms with van der Waals surface area (Å²) in [5, 5.41) is 6.19. The van der Waals surface area contributed by atoms with Gasteiger partial charge in [0.25, 0.3) is 0 Å². The van der Waals surface area contributed by atoms with E-state index in [2.05, 4.69) is 43.6 Å². The maximum absolute atomic E-state index is 12.1. The highest BCUT2D eigenvalue weighted by Gasteiger charge is 2.31. The number of nitrogens with one attached hydrogen (secondary N) is 2. The van der Waals surface area contributed by atoms with Crippen molar-refractivity contribution in [2.45, 2.75) is 19.4 Å². The van der Waals surface area contributed by atoms with E-state index in [1.165, 1.54) is 0 Å². The van der Waals surface area contributed by atoms with Crippen molar-refractivity contribution in [3.8, 4) is 0 Å². The molecule has 3 rings (SSSR count). The van der Waals surface area contributed by atoms with E-state index in [0.717, 1.165) is 60.7 Å². The predicted molar refractivity (Wildman–Crippen MR) is 86.8 cm³/mol. The summed E-state index contributed by atoms with van der Waals surface area (Å²) in [5.41, 5.74) is 3.05. The summed E-state index contributed by atoms with van der Waals surface area (Å²) >= 11 is 3.66. The second kappa shape index (κ2) is 6.34. The van der Waals surface area contributed by atoms with Gasteiger partial charge in [-0.15, -0.1) is 0 Å². The molecule has 1 aromatic rings. The highest BCUT2D eigenvalue weighted by molar-refractivity contribution is 9.10. The number of nitrogens with zero attached hydrogens (tertiary/aromatic N) is 1. The second-order valence-corrected chi connectivity index (χ2v) is 6.18. The van der Waals surface area contributed by atoms with Crippen LogP contribution in [0.4, 0.5) is 11.4 Å². The number of carbonyl (C=O) groups excluding carboxylic acids is 1. The monoisotopic (exact) mass is 353 g/mol. The second-order valence-electron chi connectivity index (χ2n) is 5.32. The molecule has 2 heterocycles. The van der Waals surface area contributed by atoms with E-state index in [-0.39, 0.29) is 11.9 Å². The van der Waals surface area contributed by atoms with Gasteiger partial charge in [-0.25, -0.2) is 0 Å². The Morgan fingerprint density at radius 2 is 2.29 bits per heavy atom. The third kappa shape index (κ3) is 2.93. The van der Waals surface area contributed by atoms with Crippen LogP contribution in [0, 0.1) is 0 Å². The first-order valence-corrected chi connectivity index (χ1v) is 8.20. The molecule has 0 bridgehead atoms. The SMILES string of the molecule is CCNC1C(=O)Nc2cc(N3CCCOCC3)c(Br)cc21. The number of halogens is 1. The lowest BCUT2D eigenvalue weighted by Crippen LogP contribution is -2.27. The van der Waals surface area contributed by atoms with Crippen LogP contribution in [0.3, 0.4) is 0 Å².